The van der Waals surface area contributed by atoms with Gasteiger partial charge in [0.2, 0.25) is 0 Å². The van der Waals surface area contributed by atoms with Gasteiger partial charge in [-0.15, -0.1) is 0 Å². The third kappa shape index (κ3) is 7.01. The number of aryl methyl sites for hydroxylation is 1. The molecule has 4 rings (SSSR count). The Morgan fingerprint density at radius 1 is 1.05 bits per heavy atom. The number of nitrogens with zero attached hydrogens (tertiary/aromatic N) is 2. The number of methoxy groups -OCH3 is 1. The molecule has 3 aromatic carbocycles. The summed E-state index contributed by atoms with van der Waals surface area (Å²) in [5.41, 5.74) is 6.52. The second-order valence-corrected chi connectivity index (χ2v) is 9.08. The van der Waals surface area contributed by atoms with Crippen LogP contribution in [-0.4, -0.2) is 44.8 Å². The molecule has 0 saturated carbocycles. The van der Waals surface area contributed by atoms with Gasteiger partial charge in [0.1, 0.15) is 0 Å². The van der Waals surface area contributed by atoms with E-state index in [2.05, 4.69) is 20.7 Å². The molecule has 1 saturated heterocycles. The van der Waals surface area contributed by atoms with Crippen LogP contribution in [0.25, 0.3) is 0 Å². The van der Waals surface area contributed by atoms with Crippen LogP contribution in [0.1, 0.15) is 34.3 Å². The molecule has 1 aliphatic rings. The van der Waals surface area contributed by atoms with Crippen molar-refractivity contribution in [3.05, 3.63) is 82.4 Å². The smallest absolute Gasteiger partial charge is 0.271 e. The molecule has 192 valence electrons. The number of hydrogen-bond acceptors (Lipinski definition) is 6. The summed E-state index contributed by atoms with van der Waals surface area (Å²) in [5.74, 6) is -0.0750. The van der Waals surface area contributed by atoms with E-state index in [0.29, 0.717) is 22.6 Å². The van der Waals surface area contributed by atoms with Gasteiger partial charge in [0.15, 0.2) is 18.1 Å². The highest BCUT2D eigenvalue weighted by molar-refractivity contribution is 6.32. The number of hydrogen-bond donors (Lipinski definition) is 2. The van der Waals surface area contributed by atoms with Gasteiger partial charge >= 0.3 is 0 Å². The van der Waals surface area contributed by atoms with Crippen LogP contribution in [0.5, 0.6) is 11.5 Å². The van der Waals surface area contributed by atoms with Crippen LogP contribution < -0.4 is 25.1 Å². The molecule has 0 atom stereocenters. The van der Waals surface area contributed by atoms with E-state index in [1.165, 1.54) is 26.2 Å². The number of carbonyl (C=O) groups excluding carboxylic acids is 2. The Hall–Kier alpha value is -4.04. The maximum atomic E-state index is 12.5. The molecule has 2 N–H and O–H groups in total. The second kappa shape index (κ2) is 12.3. The molecule has 1 aliphatic heterocycles. The topological polar surface area (TPSA) is 92.3 Å². The summed E-state index contributed by atoms with van der Waals surface area (Å²) in [4.78, 5) is 27.0. The lowest BCUT2D eigenvalue weighted by Crippen LogP contribution is -2.20. The lowest BCUT2D eigenvalue weighted by atomic mass is 10.2. The molecule has 0 unspecified atom stereocenters. The third-order valence-corrected chi connectivity index (χ3v) is 6.20. The molecule has 8 nitrogen and oxygen atoms in total. The number of benzene rings is 3. The van der Waals surface area contributed by atoms with E-state index in [4.69, 9.17) is 21.1 Å². The Morgan fingerprint density at radius 3 is 2.43 bits per heavy atom. The summed E-state index contributed by atoms with van der Waals surface area (Å²) in [5, 5.41) is 7.05. The quantitative estimate of drug-likeness (QED) is 0.305. The Labute approximate surface area is 221 Å². The number of halogens is 1. The predicted molar refractivity (Wildman–Crippen MR) is 146 cm³/mol. The van der Waals surface area contributed by atoms with Gasteiger partial charge in [0.05, 0.1) is 18.3 Å². The minimum Gasteiger partial charge on any atom is -0.493 e. The first-order chi connectivity index (χ1) is 17.9. The average Bonchev–Trinajstić information content (AvgIpc) is 3.44. The lowest BCUT2D eigenvalue weighted by molar-refractivity contribution is -0.118. The molecule has 1 fully saturated rings. The zero-order valence-corrected chi connectivity index (χ0v) is 21.5. The van der Waals surface area contributed by atoms with E-state index >= 15 is 0 Å². The minimum atomic E-state index is -0.330. The fraction of sp³-hybridized carbons (Fsp3) is 0.250. The summed E-state index contributed by atoms with van der Waals surface area (Å²) in [7, 11) is 1.47. The van der Waals surface area contributed by atoms with Gasteiger partial charge in [0, 0.05) is 30.0 Å². The predicted octanol–water partition coefficient (Wildman–Crippen LogP) is 5.04. The van der Waals surface area contributed by atoms with Crippen LogP contribution in [0.4, 0.5) is 11.4 Å². The number of nitrogens with one attached hydrogen (secondary N) is 2. The molecular weight excluding hydrogens is 492 g/mol. The van der Waals surface area contributed by atoms with Crippen LogP contribution >= 0.6 is 11.6 Å². The van der Waals surface area contributed by atoms with Gasteiger partial charge in [-0.25, -0.2) is 5.43 Å². The Balaban J connectivity index is 1.33. The monoisotopic (exact) mass is 520 g/mol. The van der Waals surface area contributed by atoms with E-state index in [-0.39, 0.29) is 29.2 Å². The highest BCUT2D eigenvalue weighted by atomic mass is 35.5. The van der Waals surface area contributed by atoms with Crippen LogP contribution in [0.3, 0.4) is 0 Å². The van der Waals surface area contributed by atoms with Crippen molar-refractivity contribution in [1.29, 1.82) is 0 Å². The van der Waals surface area contributed by atoms with Crippen molar-refractivity contribution in [3.8, 4) is 11.5 Å². The second-order valence-electron chi connectivity index (χ2n) is 8.68. The Morgan fingerprint density at radius 2 is 1.76 bits per heavy atom. The summed E-state index contributed by atoms with van der Waals surface area (Å²) < 4.78 is 11.0. The molecule has 2 amide bonds. The normalized spacial score (nSPS) is 13.0. The van der Waals surface area contributed by atoms with Crippen molar-refractivity contribution in [2.24, 2.45) is 5.10 Å². The van der Waals surface area contributed by atoms with Crippen LogP contribution in [0, 0.1) is 6.92 Å². The molecule has 0 bridgehead atoms. The van der Waals surface area contributed by atoms with Gasteiger partial charge in [-0.2, -0.15) is 5.10 Å². The molecular formula is C28H29ClN4O4. The largest absolute Gasteiger partial charge is 0.493 e. The molecule has 0 aromatic heterocycles. The number of carbonyl (C=O) groups is 2. The van der Waals surface area contributed by atoms with Crippen LogP contribution in [0.15, 0.2) is 65.8 Å². The van der Waals surface area contributed by atoms with Crippen molar-refractivity contribution in [1.82, 2.24) is 5.43 Å². The van der Waals surface area contributed by atoms with E-state index in [9.17, 15) is 9.59 Å². The number of rotatable bonds is 9. The molecule has 0 radical (unpaired) electrons. The maximum Gasteiger partial charge on any atom is 0.271 e. The standard InChI is InChI=1S/C28H29ClN4O4/c1-19-5-9-22(10-6-19)31-26(34)18-37-27-24(29)15-20(16-25(27)36-2)17-30-32-28(35)21-7-11-23(12-8-21)33-13-3-4-14-33/h5-12,15-17H,3-4,13-14,18H2,1-2H3,(H,31,34)(H,32,35)/b30-17-. The molecule has 0 spiro atoms. The van der Waals surface area contributed by atoms with Gasteiger partial charge < -0.3 is 19.7 Å². The summed E-state index contributed by atoms with van der Waals surface area (Å²) >= 11 is 6.39. The van der Waals surface area contributed by atoms with Crippen molar-refractivity contribution < 1.29 is 19.1 Å². The summed E-state index contributed by atoms with van der Waals surface area (Å²) in [6, 6.07) is 18.2. The maximum absolute atomic E-state index is 12.5. The number of anilines is 2. The highest BCUT2D eigenvalue weighted by Gasteiger charge is 2.15. The minimum absolute atomic E-state index is 0.238. The van der Waals surface area contributed by atoms with Gasteiger partial charge in [-0.05, 0) is 73.9 Å². The average molecular weight is 521 g/mol. The first-order valence-electron chi connectivity index (χ1n) is 12.0. The fourth-order valence-corrected chi connectivity index (χ4v) is 4.23. The SMILES string of the molecule is COc1cc(/C=N\NC(=O)c2ccc(N3CCCC3)cc2)cc(Cl)c1OCC(=O)Nc1ccc(C)cc1. The molecule has 0 aliphatic carbocycles. The molecule has 37 heavy (non-hydrogen) atoms. The van der Waals surface area contributed by atoms with Gasteiger partial charge in [-0.3, -0.25) is 9.59 Å². The lowest BCUT2D eigenvalue weighted by Gasteiger charge is -2.17. The molecule has 9 heteroatoms. The van der Waals surface area contributed by atoms with Crippen LogP contribution in [-0.2, 0) is 4.79 Å². The van der Waals surface area contributed by atoms with E-state index in [1.807, 2.05) is 43.3 Å². The number of hydrazone groups is 1. The van der Waals surface area contributed by atoms with E-state index < -0.39 is 0 Å². The number of ether oxygens (including phenoxy) is 2. The van der Waals surface area contributed by atoms with Crippen molar-refractivity contribution in [3.63, 3.8) is 0 Å². The third-order valence-electron chi connectivity index (χ3n) is 5.92. The number of amides is 2. The van der Waals surface area contributed by atoms with Gasteiger partial charge in [0.25, 0.3) is 11.8 Å². The van der Waals surface area contributed by atoms with Crippen molar-refractivity contribution in [2.75, 3.05) is 37.0 Å². The zero-order valence-electron chi connectivity index (χ0n) is 20.8. The summed E-state index contributed by atoms with van der Waals surface area (Å²) in [6.07, 6.45) is 3.85. The molecule has 3 aromatic rings. The fourth-order valence-electron chi connectivity index (χ4n) is 3.96. The van der Waals surface area contributed by atoms with Crippen molar-refractivity contribution in [2.45, 2.75) is 19.8 Å². The molecule has 1 heterocycles. The zero-order chi connectivity index (χ0) is 26.2. The van der Waals surface area contributed by atoms with E-state index in [0.717, 1.165) is 24.3 Å². The van der Waals surface area contributed by atoms with Crippen LogP contribution in [0.2, 0.25) is 5.02 Å². The van der Waals surface area contributed by atoms with E-state index in [1.54, 1.807) is 24.3 Å². The first-order valence-corrected chi connectivity index (χ1v) is 12.4. The first kappa shape index (κ1) is 26.0. The van der Waals surface area contributed by atoms with Gasteiger partial charge in [-0.1, -0.05) is 29.3 Å². The Bertz CT molecular complexity index is 1270. The Kier molecular flexibility index (Phi) is 8.64. The highest BCUT2D eigenvalue weighted by Crippen LogP contribution is 2.36. The summed E-state index contributed by atoms with van der Waals surface area (Å²) in [6.45, 7) is 3.82. The van der Waals surface area contributed by atoms with Crippen molar-refractivity contribution >= 4 is 41.0 Å².